The summed E-state index contributed by atoms with van der Waals surface area (Å²) in [4.78, 5) is 10.9. The molecular formula is C15H24N2O3. The van der Waals surface area contributed by atoms with Gasteiger partial charge in [-0.05, 0) is 43.4 Å². The van der Waals surface area contributed by atoms with Gasteiger partial charge < -0.3 is 9.47 Å². The van der Waals surface area contributed by atoms with Crippen molar-refractivity contribution in [1.29, 1.82) is 0 Å². The van der Waals surface area contributed by atoms with Crippen molar-refractivity contribution in [2.24, 2.45) is 5.84 Å². The highest BCUT2D eigenvalue weighted by atomic mass is 16.5. The summed E-state index contributed by atoms with van der Waals surface area (Å²) in [6, 6.07) is 8.07. The van der Waals surface area contributed by atoms with E-state index in [-0.39, 0.29) is 5.91 Å². The van der Waals surface area contributed by atoms with Crippen LogP contribution in [0.5, 0.6) is 5.75 Å². The summed E-state index contributed by atoms with van der Waals surface area (Å²) in [6.07, 6.45) is 4.12. The summed E-state index contributed by atoms with van der Waals surface area (Å²) in [5.74, 6) is 5.77. The molecule has 0 aromatic heterocycles. The topological polar surface area (TPSA) is 73.6 Å². The normalized spacial score (nSPS) is 10.3. The summed E-state index contributed by atoms with van der Waals surface area (Å²) in [5, 5.41) is 0. The van der Waals surface area contributed by atoms with Crippen molar-refractivity contribution >= 4 is 5.91 Å². The van der Waals surface area contributed by atoms with E-state index >= 15 is 0 Å². The standard InChI is InChI=1S/C15H24N2O3/c1-19-12-10-13-6-8-14(9-7-13)20-11-4-2-3-5-15(18)17-16/h6-9H,2-5,10-12,16H2,1H3,(H,17,18). The third kappa shape index (κ3) is 7.11. The maximum Gasteiger partial charge on any atom is 0.233 e. The zero-order valence-electron chi connectivity index (χ0n) is 12.1. The number of carbonyl (C=O) groups is 1. The molecule has 3 N–H and O–H groups in total. The molecule has 0 unspecified atom stereocenters. The first-order valence-electron chi connectivity index (χ1n) is 6.96. The summed E-state index contributed by atoms with van der Waals surface area (Å²) in [5.41, 5.74) is 3.36. The molecule has 1 aromatic carbocycles. The van der Waals surface area contributed by atoms with Crippen LogP contribution in [0.1, 0.15) is 31.2 Å². The van der Waals surface area contributed by atoms with Gasteiger partial charge in [0.05, 0.1) is 13.2 Å². The van der Waals surface area contributed by atoms with E-state index in [9.17, 15) is 4.79 Å². The van der Waals surface area contributed by atoms with Crippen molar-refractivity contribution in [2.45, 2.75) is 32.1 Å². The molecule has 5 nitrogen and oxygen atoms in total. The Morgan fingerprint density at radius 2 is 1.90 bits per heavy atom. The van der Waals surface area contributed by atoms with Gasteiger partial charge in [0, 0.05) is 13.5 Å². The molecule has 1 aromatic rings. The number of hydrogen-bond acceptors (Lipinski definition) is 4. The Balaban J connectivity index is 2.11. The fraction of sp³-hybridized carbons (Fsp3) is 0.533. The fourth-order valence-corrected chi connectivity index (χ4v) is 1.80. The first-order chi connectivity index (χ1) is 9.76. The fourth-order valence-electron chi connectivity index (χ4n) is 1.80. The molecule has 0 atom stereocenters. The lowest BCUT2D eigenvalue weighted by molar-refractivity contribution is -0.121. The van der Waals surface area contributed by atoms with Gasteiger partial charge in [-0.25, -0.2) is 5.84 Å². The molecule has 0 aliphatic carbocycles. The summed E-state index contributed by atoms with van der Waals surface area (Å²) < 4.78 is 10.7. The lowest BCUT2D eigenvalue weighted by Gasteiger charge is -2.07. The Hall–Kier alpha value is -1.59. The van der Waals surface area contributed by atoms with Gasteiger partial charge >= 0.3 is 0 Å². The average molecular weight is 280 g/mol. The van der Waals surface area contributed by atoms with E-state index in [0.717, 1.165) is 38.0 Å². The molecule has 0 bridgehead atoms. The van der Waals surface area contributed by atoms with E-state index in [1.165, 1.54) is 5.56 Å². The number of hydrazine groups is 1. The molecule has 0 aliphatic rings. The maximum atomic E-state index is 10.9. The van der Waals surface area contributed by atoms with Crippen LogP contribution < -0.4 is 16.0 Å². The lowest BCUT2D eigenvalue weighted by Crippen LogP contribution is -2.29. The van der Waals surface area contributed by atoms with Crippen molar-refractivity contribution in [2.75, 3.05) is 20.3 Å². The molecule has 5 heteroatoms. The Labute approximate surface area is 120 Å². The van der Waals surface area contributed by atoms with Crippen LogP contribution in [0.4, 0.5) is 0 Å². The largest absolute Gasteiger partial charge is 0.494 e. The van der Waals surface area contributed by atoms with Crippen LogP contribution in [0.3, 0.4) is 0 Å². The highest BCUT2D eigenvalue weighted by molar-refractivity contribution is 5.74. The summed E-state index contributed by atoms with van der Waals surface area (Å²) in [7, 11) is 1.70. The van der Waals surface area contributed by atoms with Crippen molar-refractivity contribution in [3.05, 3.63) is 29.8 Å². The molecule has 0 saturated carbocycles. The predicted molar refractivity (Wildman–Crippen MR) is 78.3 cm³/mol. The second-order valence-electron chi connectivity index (χ2n) is 4.61. The minimum atomic E-state index is -0.113. The monoisotopic (exact) mass is 280 g/mol. The minimum absolute atomic E-state index is 0.113. The highest BCUT2D eigenvalue weighted by Gasteiger charge is 1.99. The number of nitrogens with one attached hydrogen (secondary N) is 1. The van der Waals surface area contributed by atoms with Crippen LogP contribution >= 0.6 is 0 Å². The smallest absolute Gasteiger partial charge is 0.233 e. The second-order valence-corrected chi connectivity index (χ2v) is 4.61. The maximum absolute atomic E-state index is 10.9. The summed E-state index contributed by atoms with van der Waals surface area (Å²) in [6.45, 7) is 1.40. The van der Waals surface area contributed by atoms with Gasteiger partial charge in [0.1, 0.15) is 5.75 Å². The number of ether oxygens (including phenoxy) is 2. The first kappa shape index (κ1) is 16.5. The zero-order chi connectivity index (χ0) is 14.6. The third-order valence-corrected chi connectivity index (χ3v) is 3.00. The molecule has 0 radical (unpaired) electrons. The first-order valence-corrected chi connectivity index (χ1v) is 6.96. The van der Waals surface area contributed by atoms with E-state index in [0.29, 0.717) is 13.0 Å². The van der Waals surface area contributed by atoms with Gasteiger partial charge in [0.2, 0.25) is 5.91 Å². The van der Waals surface area contributed by atoms with Gasteiger partial charge in [-0.3, -0.25) is 10.2 Å². The van der Waals surface area contributed by atoms with Crippen LogP contribution in [0.25, 0.3) is 0 Å². The van der Waals surface area contributed by atoms with Gasteiger partial charge in [-0.1, -0.05) is 12.1 Å². The van der Waals surface area contributed by atoms with Crippen molar-refractivity contribution in [3.8, 4) is 5.75 Å². The highest BCUT2D eigenvalue weighted by Crippen LogP contribution is 2.13. The minimum Gasteiger partial charge on any atom is -0.494 e. The van der Waals surface area contributed by atoms with Crippen LogP contribution in [0.15, 0.2) is 24.3 Å². The SMILES string of the molecule is COCCc1ccc(OCCCCCC(=O)NN)cc1. The van der Waals surface area contributed by atoms with Crippen molar-refractivity contribution < 1.29 is 14.3 Å². The molecule has 0 aliphatic heterocycles. The molecule has 112 valence electrons. The number of amides is 1. The Morgan fingerprint density at radius 1 is 1.15 bits per heavy atom. The number of unbranched alkanes of at least 4 members (excludes halogenated alkanes) is 2. The van der Waals surface area contributed by atoms with E-state index in [1.54, 1.807) is 7.11 Å². The van der Waals surface area contributed by atoms with Gasteiger partial charge in [-0.15, -0.1) is 0 Å². The van der Waals surface area contributed by atoms with E-state index in [2.05, 4.69) is 17.6 Å². The molecule has 1 rings (SSSR count). The van der Waals surface area contributed by atoms with Gasteiger partial charge in [-0.2, -0.15) is 0 Å². The molecular weight excluding hydrogens is 256 g/mol. The molecule has 20 heavy (non-hydrogen) atoms. The Kier molecular flexibility index (Phi) is 8.42. The predicted octanol–water partition coefficient (Wildman–Crippen LogP) is 1.80. The van der Waals surface area contributed by atoms with Crippen LogP contribution in [0, 0.1) is 0 Å². The van der Waals surface area contributed by atoms with Crippen LogP contribution in [-0.2, 0) is 16.0 Å². The quantitative estimate of drug-likeness (QED) is 0.297. The molecule has 0 saturated heterocycles. The van der Waals surface area contributed by atoms with Gasteiger partial charge in [0.15, 0.2) is 0 Å². The third-order valence-electron chi connectivity index (χ3n) is 3.00. The Morgan fingerprint density at radius 3 is 2.55 bits per heavy atom. The number of hydrogen-bond donors (Lipinski definition) is 2. The number of nitrogens with two attached hydrogens (primary N) is 1. The van der Waals surface area contributed by atoms with E-state index in [1.807, 2.05) is 12.1 Å². The Bertz CT molecular complexity index is 379. The van der Waals surface area contributed by atoms with Gasteiger partial charge in [0.25, 0.3) is 0 Å². The molecule has 0 heterocycles. The van der Waals surface area contributed by atoms with Crippen LogP contribution in [0.2, 0.25) is 0 Å². The number of rotatable bonds is 10. The molecule has 0 fully saturated rings. The second kappa shape index (κ2) is 10.2. The number of carbonyl (C=O) groups excluding carboxylic acids is 1. The molecule has 0 spiro atoms. The number of methoxy groups -OCH3 is 1. The molecule has 1 amide bonds. The lowest BCUT2D eigenvalue weighted by atomic mass is 10.1. The van der Waals surface area contributed by atoms with Crippen molar-refractivity contribution in [3.63, 3.8) is 0 Å². The van der Waals surface area contributed by atoms with E-state index < -0.39 is 0 Å². The number of benzene rings is 1. The van der Waals surface area contributed by atoms with E-state index in [4.69, 9.17) is 15.3 Å². The average Bonchev–Trinajstić information content (AvgIpc) is 2.49. The van der Waals surface area contributed by atoms with Crippen LogP contribution in [-0.4, -0.2) is 26.2 Å². The van der Waals surface area contributed by atoms with Crippen molar-refractivity contribution in [1.82, 2.24) is 5.43 Å². The zero-order valence-corrected chi connectivity index (χ0v) is 12.1. The summed E-state index contributed by atoms with van der Waals surface area (Å²) >= 11 is 0.